The van der Waals surface area contributed by atoms with Gasteiger partial charge < -0.3 is 10.6 Å². The molecule has 1 amide bonds. The normalized spacial score (nSPS) is 13.7. The quantitative estimate of drug-likeness (QED) is 0.877. The number of rotatable bonds is 2. The van der Waals surface area contributed by atoms with Gasteiger partial charge in [0.25, 0.3) is 5.91 Å². The Balaban J connectivity index is 1.79. The SMILES string of the molecule is Cc1cncc(C(=O)Nc2ccc3c(c2)CNCC3)c1. The topological polar surface area (TPSA) is 54.0 Å². The molecule has 0 spiro atoms. The van der Waals surface area contributed by atoms with Crippen molar-refractivity contribution in [1.82, 2.24) is 10.3 Å². The van der Waals surface area contributed by atoms with Crippen molar-refractivity contribution in [1.29, 1.82) is 0 Å². The zero-order chi connectivity index (χ0) is 13.9. The van der Waals surface area contributed by atoms with Crippen molar-refractivity contribution < 1.29 is 4.79 Å². The number of hydrogen-bond acceptors (Lipinski definition) is 3. The van der Waals surface area contributed by atoms with Crippen molar-refractivity contribution in [3.63, 3.8) is 0 Å². The number of fused-ring (bicyclic) bond motifs is 1. The average molecular weight is 267 g/mol. The number of aryl methyl sites for hydroxylation is 1. The summed E-state index contributed by atoms with van der Waals surface area (Å²) in [7, 11) is 0. The first-order chi connectivity index (χ1) is 9.72. The molecule has 2 aromatic rings. The number of amides is 1. The molecule has 2 heterocycles. The molecule has 0 saturated carbocycles. The van der Waals surface area contributed by atoms with Crippen LogP contribution in [-0.2, 0) is 13.0 Å². The molecule has 0 radical (unpaired) electrons. The molecule has 4 heteroatoms. The molecule has 1 aliphatic heterocycles. The van der Waals surface area contributed by atoms with Gasteiger partial charge in [0.1, 0.15) is 0 Å². The van der Waals surface area contributed by atoms with E-state index < -0.39 is 0 Å². The average Bonchev–Trinajstić information content (AvgIpc) is 2.47. The van der Waals surface area contributed by atoms with Crippen LogP contribution in [0.25, 0.3) is 0 Å². The lowest BCUT2D eigenvalue weighted by Crippen LogP contribution is -2.23. The molecule has 0 atom stereocenters. The third-order valence-corrected chi connectivity index (χ3v) is 3.49. The Morgan fingerprint density at radius 1 is 1.25 bits per heavy atom. The Morgan fingerprint density at radius 3 is 3.00 bits per heavy atom. The van der Waals surface area contributed by atoms with Crippen LogP contribution in [0.1, 0.15) is 27.0 Å². The highest BCUT2D eigenvalue weighted by atomic mass is 16.1. The molecule has 4 nitrogen and oxygen atoms in total. The van der Waals surface area contributed by atoms with E-state index in [4.69, 9.17) is 0 Å². The van der Waals surface area contributed by atoms with Gasteiger partial charge in [0.05, 0.1) is 5.56 Å². The molecule has 0 saturated heterocycles. The van der Waals surface area contributed by atoms with Crippen LogP contribution in [0.2, 0.25) is 0 Å². The monoisotopic (exact) mass is 267 g/mol. The van der Waals surface area contributed by atoms with E-state index >= 15 is 0 Å². The number of nitrogens with zero attached hydrogens (tertiary/aromatic N) is 1. The minimum atomic E-state index is -0.120. The van der Waals surface area contributed by atoms with Crippen molar-refractivity contribution in [2.24, 2.45) is 0 Å². The summed E-state index contributed by atoms with van der Waals surface area (Å²) >= 11 is 0. The fourth-order valence-corrected chi connectivity index (χ4v) is 2.44. The molecule has 1 aliphatic rings. The molecule has 102 valence electrons. The Hall–Kier alpha value is -2.20. The summed E-state index contributed by atoms with van der Waals surface area (Å²) in [6.07, 6.45) is 4.37. The van der Waals surface area contributed by atoms with E-state index in [1.807, 2.05) is 25.1 Å². The second kappa shape index (κ2) is 5.43. The first-order valence-corrected chi connectivity index (χ1v) is 6.78. The van der Waals surface area contributed by atoms with Gasteiger partial charge in [-0.05, 0) is 54.8 Å². The summed E-state index contributed by atoms with van der Waals surface area (Å²) in [5.41, 5.74) is 5.02. The third kappa shape index (κ3) is 2.70. The molecule has 1 aromatic heterocycles. The van der Waals surface area contributed by atoms with Crippen molar-refractivity contribution in [2.75, 3.05) is 11.9 Å². The van der Waals surface area contributed by atoms with Gasteiger partial charge in [-0.25, -0.2) is 0 Å². The van der Waals surface area contributed by atoms with Gasteiger partial charge in [0, 0.05) is 24.6 Å². The number of carbonyl (C=O) groups excluding carboxylic acids is 1. The zero-order valence-corrected chi connectivity index (χ0v) is 11.4. The molecule has 3 rings (SSSR count). The number of anilines is 1. The van der Waals surface area contributed by atoms with Gasteiger partial charge in [0.2, 0.25) is 0 Å². The number of pyridine rings is 1. The maximum Gasteiger partial charge on any atom is 0.257 e. The van der Waals surface area contributed by atoms with E-state index in [1.165, 1.54) is 11.1 Å². The Bertz CT molecular complexity index is 652. The number of hydrogen-bond donors (Lipinski definition) is 2. The van der Waals surface area contributed by atoms with Crippen molar-refractivity contribution in [3.8, 4) is 0 Å². The largest absolute Gasteiger partial charge is 0.322 e. The Kier molecular flexibility index (Phi) is 3.48. The molecule has 0 aliphatic carbocycles. The minimum absolute atomic E-state index is 0.120. The number of aromatic nitrogens is 1. The maximum absolute atomic E-state index is 12.2. The van der Waals surface area contributed by atoms with Gasteiger partial charge in [-0.2, -0.15) is 0 Å². The van der Waals surface area contributed by atoms with Gasteiger partial charge in [-0.3, -0.25) is 9.78 Å². The van der Waals surface area contributed by atoms with E-state index in [2.05, 4.69) is 21.7 Å². The second-order valence-corrected chi connectivity index (χ2v) is 5.12. The van der Waals surface area contributed by atoms with E-state index in [1.54, 1.807) is 12.4 Å². The molecule has 0 fully saturated rings. The summed E-state index contributed by atoms with van der Waals surface area (Å²) in [4.78, 5) is 16.2. The zero-order valence-electron chi connectivity index (χ0n) is 11.4. The molecule has 20 heavy (non-hydrogen) atoms. The standard InChI is InChI=1S/C16H17N3O/c1-11-6-14(10-18-8-11)16(20)19-15-3-2-12-4-5-17-9-13(12)7-15/h2-3,6-8,10,17H,4-5,9H2,1H3,(H,19,20). The third-order valence-electron chi connectivity index (χ3n) is 3.49. The van der Waals surface area contributed by atoms with Crippen LogP contribution in [0.3, 0.4) is 0 Å². The molecular formula is C16H17N3O. The summed E-state index contributed by atoms with van der Waals surface area (Å²) in [6.45, 7) is 3.81. The molecule has 0 unspecified atom stereocenters. The predicted molar refractivity (Wildman–Crippen MR) is 78.8 cm³/mol. The van der Waals surface area contributed by atoms with Crippen molar-refractivity contribution in [2.45, 2.75) is 19.9 Å². The first-order valence-electron chi connectivity index (χ1n) is 6.78. The van der Waals surface area contributed by atoms with Crippen LogP contribution in [0.15, 0.2) is 36.7 Å². The lowest BCUT2D eigenvalue weighted by molar-refractivity contribution is 0.102. The van der Waals surface area contributed by atoms with Crippen molar-refractivity contribution >= 4 is 11.6 Å². The summed E-state index contributed by atoms with van der Waals surface area (Å²) in [5.74, 6) is -0.120. The molecular weight excluding hydrogens is 250 g/mol. The molecule has 1 aromatic carbocycles. The van der Waals surface area contributed by atoms with Gasteiger partial charge in [-0.15, -0.1) is 0 Å². The number of benzene rings is 1. The molecule has 2 N–H and O–H groups in total. The van der Waals surface area contributed by atoms with Gasteiger partial charge >= 0.3 is 0 Å². The summed E-state index contributed by atoms with van der Waals surface area (Å²) in [5, 5.41) is 6.27. The van der Waals surface area contributed by atoms with E-state index in [0.29, 0.717) is 5.56 Å². The summed E-state index contributed by atoms with van der Waals surface area (Å²) < 4.78 is 0. The highest BCUT2D eigenvalue weighted by Crippen LogP contribution is 2.19. The lowest BCUT2D eigenvalue weighted by atomic mass is 10.0. The first kappa shape index (κ1) is 12.8. The van der Waals surface area contributed by atoms with Crippen LogP contribution in [0.5, 0.6) is 0 Å². The minimum Gasteiger partial charge on any atom is -0.322 e. The van der Waals surface area contributed by atoms with E-state index in [9.17, 15) is 4.79 Å². The maximum atomic E-state index is 12.2. The lowest BCUT2D eigenvalue weighted by Gasteiger charge is -2.18. The van der Waals surface area contributed by atoms with E-state index in [-0.39, 0.29) is 5.91 Å². The van der Waals surface area contributed by atoms with Crippen molar-refractivity contribution in [3.05, 3.63) is 58.9 Å². The fourth-order valence-electron chi connectivity index (χ4n) is 2.44. The smallest absolute Gasteiger partial charge is 0.257 e. The van der Waals surface area contributed by atoms with Crippen LogP contribution >= 0.6 is 0 Å². The predicted octanol–water partition coefficient (Wildman–Crippen LogP) is 2.29. The Morgan fingerprint density at radius 2 is 2.15 bits per heavy atom. The van der Waals surface area contributed by atoms with E-state index in [0.717, 1.165) is 30.8 Å². The van der Waals surface area contributed by atoms with Crippen LogP contribution in [0, 0.1) is 6.92 Å². The van der Waals surface area contributed by atoms with Gasteiger partial charge in [-0.1, -0.05) is 6.07 Å². The highest BCUT2D eigenvalue weighted by Gasteiger charge is 2.11. The highest BCUT2D eigenvalue weighted by molar-refractivity contribution is 6.04. The number of carbonyl (C=O) groups is 1. The second-order valence-electron chi connectivity index (χ2n) is 5.12. The van der Waals surface area contributed by atoms with Crippen LogP contribution in [-0.4, -0.2) is 17.4 Å². The fraction of sp³-hybridized carbons (Fsp3) is 0.250. The van der Waals surface area contributed by atoms with Crippen LogP contribution in [0.4, 0.5) is 5.69 Å². The van der Waals surface area contributed by atoms with Crippen LogP contribution < -0.4 is 10.6 Å². The summed E-state index contributed by atoms with van der Waals surface area (Å²) in [6, 6.07) is 7.94. The number of nitrogens with one attached hydrogen (secondary N) is 2. The van der Waals surface area contributed by atoms with Gasteiger partial charge in [0.15, 0.2) is 0 Å². The Labute approximate surface area is 118 Å². The molecule has 0 bridgehead atoms.